The number of nitrogens with one attached hydrogen (secondary N) is 1. The van der Waals surface area contributed by atoms with Crippen molar-refractivity contribution in [3.8, 4) is 11.6 Å². The molecule has 0 saturated carbocycles. The van der Waals surface area contributed by atoms with E-state index >= 15 is 0 Å². The fraction of sp³-hybridized carbons (Fsp3) is 0.353. The Hall–Kier alpha value is -1.39. The van der Waals surface area contributed by atoms with Gasteiger partial charge in [0.2, 0.25) is 5.88 Å². The maximum Gasteiger partial charge on any atom is 0.224 e. The van der Waals surface area contributed by atoms with Gasteiger partial charge in [-0.15, -0.1) is 0 Å². The van der Waals surface area contributed by atoms with Gasteiger partial charge in [0.05, 0.1) is 0 Å². The van der Waals surface area contributed by atoms with Crippen LogP contribution in [0.5, 0.6) is 11.6 Å². The minimum atomic E-state index is 0.693. The molecule has 3 nitrogen and oxygen atoms in total. The van der Waals surface area contributed by atoms with Crippen molar-refractivity contribution in [2.75, 3.05) is 6.54 Å². The standard InChI is InChI=1S/C17H21BrN2O/c1-4-9-19-11-16-12(2)10-13(3)20-17(16)21-15-7-5-14(18)6-8-15/h5-8,10,19H,4,9,11H2,1-3H3. The molecule has 4 heteroatoms. The first-order chi connectivity index (χ1) is 10.1. The molecule has 112 valence electrons. The number of rotatable bonds is 6. The molecule has 0 bridgehead atoms. The van der Waals surface area contributed by atoms with E-state index in [0.29, 0.717) is 5.88 Å². The quantitative estimate of drug-likeness (QED) is 0.764. The molecule has 0 aliphatic rings. The smallest absolute Gasteiger partial charge is 0.224 e. The lowest BCUT2D eigenvalue weighted by Gasteiger charge is -2.14. The minimum Gasteiger partial charge on any atom is -0.439 e. The van der Waals surface area contributed by atoms with Crippen molar-refractivity contribution in [1.82, 2.24) is 10.3 Å². The van der Waals surface area contributed by atoms with E-state index in [2.05, 4.69) is 46.1 Å². The predicted molar refractivity (Wildman–Crippen MR) is 89.9 cm³/mol. The molecule has 2 aromatic rings. The molecule has 2 rings (SSSR count). The summed E-state index contributed by atoms with van der Waals surface area (Å²) in [6, 6.07) is 9.90. The van der Waals surface area contributed by atoms with E-state index in [-0.39, 0.29) is 0 Å². The summed E-state index contributed by atoms with van der Waals surface area (Å²) in [5, 5.41) is 3.42. The Morgan fingerprint density at radius 2 is 1.90 bits per heavy atom. The first kappa shape index (κ1) is 16.0. The highest BCUT2D eigenvalue weighted by molar-refractivity contribution is 9.10. The molecule has 1 aromatic heterocycles. The number of hydrogen-bond acceptors (Lipinski definition) is 3. The third-order valence-electron chi connectivity index (χ3n) is 3.19. The van der Waals surface area contributed by atoms with Crippen LogP contribution in [0.2, 0.25) is 0 Å². The Kier molecular flexibility index (Phi) is 5.76. The highest BCUT2D eigenvalue weighted by atomic mass is 79.9. The first-order valence-electron chi connectivity index (χ1n) is 7.21. The summed E-state index contributed by atoms with van der Waals surface area (Å²) in [5.74, 6) is 1.49. The van der Waals surface area contributed by atoms with Crippen molar-refractivity contribution >= 4 is 15.9 Å². The van der Waals surface area contributed by atoms with Crippen molar-refractivity contribution in [3.63, 3.8) is 0 Å². The Labute approximate surface area is 134 Å². The lowest BCUT2D eigenvalue weighted by Crippen LogP contribution is -2.16. The number of hydrogen-bond donors (Lipinski definition) is 1. The van der Waals surface area contributed by atoms with Crippen molar-refractivity contribution in [2.45, 2.75) is 33.7 Å². The third kappa shape index (κ3) is 4.55. The molecule has 0 amide bonds. The fourth-order valence-corrected chi connectivity index (χ4v) is 2.40. The third-order valence-corrected chi connectivity index (χ3v) is 3.72. The number of benzene rings is 1. The number of aromatic nitrogens is 1. The molecule has 0 saturated heterocycles. The second-order valence-electron chi connectivity index (χ2n) is 5.10. The average Bonchev–Trinajstić information content (AvgIpc) is 2.44. The second kappa shape index (κ2) is 7.57. The SMILES string of the molecule is CCCNCc1c(C)cc(C)nc1Oc1ccc(Br)cc1. The highest BCUT2D eigenvalue weighted by Gasteiger charge is 2.11. The number of aryl methyl sites for hydroxylation is 2. The summed E-state index contributed by atoms with van der Waals surface area (Å²) in [6.45, 7) is 8.02. The Morgan fingerprint density at radius 3 is 2.57 bits per heavy atom. The lowest BCUT2D eigenvalue weighted by molar-refractivity contribution is 0.450. The predicted octanol–water partition coefficient (Wildman–Crippen LogP) is 4.75. The van der Waals surface area contributed by atoms with Crippen LogP contribution in [0, 0.1) is 13.8 Å². The van der Waals surface area contributed by atoms with Crippen LogP contribution < -0.4 is 10.1 Å². The summed E-state index contributed by atoms with van der Waals surface area (Å²) < 4.78 is 7.02. The second-order valence-corrected chi connectivity index (χ2v) is 6.01. The van der Waals surface area contributed by atoms with Gasteiger partial charge in [-0.05, 0) is 62.7 Å². The summed E-state index contributed by atoms with van der Waals surface area (Å²) in [5.41, 5.74) is 3.30. The Bertz CT molecular complexity index is 596. The molecule has 0 fully saturated rings. The summed E-state index contributed by atoms with van der Waals surface area (Å²) in [6.07, 6.45) is 1.11. The summed E-state index contributed by atoms with van der Waals surface area (Å²) >= 11 is 3.43. The topological polar surface area (TPSA) is 34.2 Å². The van der Waals surface area contributed by atoms with Crippen molar-refractivity contribution in [2.24, 2.45) is 0 Å². The van der Waals surface area contributed by atoms with E-state index in [0.717, 1.165) is 41.0 Å². The number of ether oxygens (including phenoxy) is 1. The largest absolute Gasteiger partial charge is 0.439 e. The van der Waals surface area contributed by atoms with Crippen molar-refractivity contribution in [1.29, 1.82) is 0 Å². The number of halogens is 1. The molecule has 1 N–H and O–H groups in total. The molecule has 0 unspecified atom stereocenters. The van der Waals surface area contributed by atoms with Gasteiger partial charge in [-0.3, -0.25) is 0 Å². The number of pyridine rings is 1. The van der Waals surface area contributed by atoms with E-state index in [9.17, 15) is 0 Å². The van der Waals surface area contributed by atoms with E-state index < -0.39 is 0 Å². The Balaban J connectivity index is 2.25. The molecule has 0 spiro atoms. The minimum absolute atomic E-state index is 0.693. The van der Waals surface area contributed by atoms with Crippen LogP contribution in [-0.2, 0) is 6.54 Å². The van der Waals surface area contributed by atoms with Crippen LogP contribution in [0.25, 0.3) is 0 Å². The van der Waals surface area contributed by atoms with E-state index in [4.69, 9.17) is 4.74 Å². The van der Waals surface area contributed by atoms with Crippen molar-refractivity contribution in [3.05, 3.63) is 51.6 Å². The molecule has 0 atom stereocenters. The van der Waals surface area contributed by atoms with Crippen LogP contribution in [0.4, 0.5) is 0 Å². The zero-order valence-corrected chi connectivity index (χ0v) is 14.3. The fourth-order valence-electron chi connectivity index (χ4n) is 2.13. The maximum absolute atomic E-state index is 5.98. The average molecular weight is 349 g/mol. The molecular formula is C17H21BrN2O. The molecule has 1 heterocycles. The van der Waals surface area contributed by atoms with Crippen LogP contribution in [0.1, 0.15) is 30.2 Å². The molecule has 0 aliphatic carbocycles. The van der Waals surface area contributed by atoms with Gasteiger partial charge in [-0.2, -0.15) is 0 Å². The maximum atomic E-state index is 5.98. The Morgan fingerprint density at radius 1 is 1.19 bits per heavy atom. The van der Waals surface area contributed by atoms with Crippen LogP contribution in [-0.4, -0.2) is 11.5 Å². The van der Waals surface area contributed by atoms with Crippen LogP contribution in [0.15, 0.2) is 34.8 Å². The van der Waals surface area contributed by atoms with E-state index in [1.54, 1.807) is 0 Å². The molecule has 21 heavy (non-hydrogen) atoms. The summed E-state index contributed by atoms with van der Waals surface area (Å²) in [7, 11) is 0. The van der Waals surface area contributed by atoms with E-state index in [1.165, 1.54) is 5.56 Å². The van der Waals surface area contributed by atoms with Crippen LogP contribution in [0.3, 0.4) is 0 Å². The van der Waals surface area contributed by atoms with Crippen LogP contribution >= 0.6 is 15.9 Å². The van der Waals surface area contributed by atoms with Gasteiger partial charge in [0.1, 0.15) is 5.75 Å². The first-order valence-corrected chi connectivity index (χ1v) is 8.00. The van der Waals surface area contributed by atoms with Gasteiger partial charge in [0.15, 0.2) is 0 Å². The van der Waals surface area contributed by atoms with Gasteiger partial charge in [-0.25, -0.2) is 4.98 Å². The van der Waals surface area contributed by atoms with Gasteiger partial charge < -0.3 is 10.1 Å². The number of nitrogens with zero attached hydrogens (tertiary/aromatic N) is 1. The van der Waals surface area contributed by atoms with Gasteiger partial charge in [0.25, 0.3) is 0 Å². The van der Waals surface area contributed by atoms with Crippen molar-refractivity contribution < 1.29 is 4.74 Å². The molecular weight excluding hydrogens is 328 g/mol. The zero-order valence-electron chi connectivity index (χ0n) is 12.7. The lowest BCUT2D eigenvalue weighted by atomic mass is 10.1. The normalized spacial score (nSPS) is 10.7. The zero-order chi connectivity index (χ0) is 15.2. The van der Waals surface area contributed by atoms with Gasteiger partial charge in [0, 0.05) is 22.3 Å². The van der Waals surface area contributed by atoms with Gasteiger partial charge in [-0.1, -0.05) is 22.9 Å². The monoisotopic (exact) mass is 348 g/mol. The van der Waals surface area contributed by atoms with Gasteiger partial charge >= 0.3 is 0 Å². The highest BCUT2D eigenvalue weighted by Crippen LogP contribution is 2.27. The molecule has 1 aromatic carbocycles. The molecule has 0 radical (unpaired) electrons. The van der Waals surface area contributed by atoms with E-state index in [1.807, 2.05) is 31.2 Å². The molecule has 0 aliphatic heterocycles. The summed E-state index contributed by atoms with van der Waals surface area (Å²) in [4.78, 5) is 4.56.